The third-order valence-corrected chi connectivity index (χ3v) is 6.28. The van der Waals surface area contributed by atoms with Crippen molar-refractivity contribution in [1.29, 1.82) is 0 Å². The number of hydrogen-bond donors (Lipinski definition) is 0. The molecule has 0 rings (SSSR count). The summed E-state index contributed by atoms with van der Waals surface area (Å²) in [4.78, 5) is 23.6. The van der Waals surface area contributed by atoms with E-state index in [1.165, 1.54) is 44.9 Å². The Hall–Kier alpha value is -1.06. The zero-order chi connectivity index (χ0) is 24.2. The van der Waals surface area contributed by atoms with E-state index >= 15 is 0 Å². The van der Waals surface area contributed by atoms with Gasteiger partial charge in [-0.25, -0.2) is 0 Å². The van der Waals surface area contributed by atoms with Gasteiger partial charge in [0.05, 0.1) is 13.2 Å². The minimum atomic E-state index is -0.0332. The monoisotopic (exact) mass is 454 g/mol. The van der Waals surface area contributed by atoms with E-state index in [0.29, 0.717) is 49.7 Å². The second-order valence-electron chi connectivity index (χ2n) is 10.7. The van der Waals surface area contributed by atoms with Gasteiger partial charge in [0.15, 0.2) is 0 Å². The lowest BCUT2D eigenvalue weighted by Crippen LogP contribution is -2.13. The largest absolute Gasteiger partial charge is 0.466 e. The van der Waals surface area contributed by atoms with E-state index in [1.807, 2.05) is 0 Å². The second-order valence-corrected chi connectivity index (χ2v) is 10.7. The Balaban J connectivity index is 3.63. The first-order chi connectivity index (χ1) is 15.2. The van der Waals surface area contributed by atoms with Crippen molar-refractivity contribution in [2.45, 2.75) is 131 Å². The van der Waals surface area contributed by atoms with Crippen LogP contribution in [0.4, 0.5) is 0 Å². The van der Waals surface area contributed by atoms with E-state index in [-0.39, 0.29) is 11.9 Å². The van der Waals surface area contributed by atoms with Crippen LogP contribution in [-0.4, -0.2) is 25.2 Å². The van der Waals surface area contributed by atoms with Crippen LogP contribution in [0.2, 0.25) is 0 Å². The van der Waals surface area contributed by atoms with Gasteiger partial charge < -0.3 is 9.47 Å². The van der Waals surface area contributed by atoms with Crippen molar-refractivity contribution in [3.63, 3.8) is 0 Å². The normalized spacial score (nSPS) is 12.5. The summed E-state index contributed by atoms with van der Waals surface area (Å²) >= 11 is 0. The Bertz CT molecular complexity index is 456. The summed E-state index contributed by atoms with van der Waals surface area (Å²) in [6, 6.07) is 0. The van der Waals surface area contributed by atoms with Crippen molar-refractivity contribution in [3.8, 4) is 0 Å². The molecule has 1 unspecified atom stereocenters. The first-order valence-electron chi connectivity index (χ1n) is 13.5. The minimum absolute atomic E-state index is 0.0277. The number of carbonyl (C=O) groups is 2. The molecule has 0 bridgehead atoms. The molecule has 4 nitrogen and oxygen atoms in total. The predicted molar refractivity (Wildman–Crippen MR) is 135 cm³/mol. The first kappa shape index (κ1) is 30.9. The van der Waals surface area contributed by atoms with Crippen molar-refractivity contribution in [3.05, 3.63) is 0 Å². The van der Waals surface area contributed by atoms with Crippen LogP contribution in [0.1, 0.15) is 131 Å². The summed E-state index contributed by atoms with van der Waals surface area (Å²) in [5.74, 6) is 2.34. The van der Waals surface area contributed by atoms with Crippen LogP contribution in [0, 0.1) is 23.7 Å². The van der Waals surface area contributed by atoms with Gasteiger partial charge in [-0.05, 0) is 49.4 Å². The molecule has 4 heteroatoms. The highest BCUT2D eigenvalue weighted by Crippen LogP contribution is 2.24. The number of carbonyl (C=O) groups excluding carboxylic acids is 2. The van der Waals surface area contributed by atoms with E-state index in [0.717, 1.165) is 32.1 Å². The van der Waals surface area contributed by atoms with Gasteiger partial charge in [0.1, 0.15) is 0 Å². The van der Waals surface area contributed by atoms with Gasteiger partial charge in [-0.2, -0.15) is 0 Å². The Labute approximate surface area is 199 Å². The molecular weight excluding hydrogens is 400 g/mol. The van der Waals surface area contributed by atoms with Gasteiger partial charge in [0.25, 0.3) is 0 Å². The average Bonchev–Trinajstić information content (AvgIpc) is 2.70. The van der Waals surface area contributed by atoms with Gasteiger partial charge in [-0.15, -0.1) is 0 Å². The average molecular weight is 455 g/mol. The third-order valence-electron chi connectivity index (χ3n) is 6.28. The number of rotatable bonds is 21. The van der Waals surface area contributed by atoms with Gasteiger partial charge in [0.2, 0.25) is 0 Å². The fourth-order valence-corrected chi connectivity index (χ4v) is 3.81. The summed E-state index contributed by atoms with van der Waals surface area (Å²) in [7, 11) is 0. The van der Waals surface area contributed by atoms with Gasteiger partial charge >= 0.3 is 11.9 Å². The van der Waals surface area contributed by atoms with E-state index in [4.69, 9.17) is 9.47 Å². The van der Waals surface area contributed by atoms with E-state index in [9.17, 15) is 9.59 Å². The quantitative estimate of drug-likeness (QED) is 0.130. The fraction of sp³-hybridized carbons (Fsp3) is 0.929. The molecule has 32 heavy (non-hydrogen) atoms. The molecule has 0 heterocycles. The van der Waals surface area contributed by atoms with Crippen molar-refractivity contribution < 1.29 is 19.1 Å². The fourth-order valence-electron chi connectivity index (χ4n) is 3.81. The molecule has 0 aromatic rings. The highest BCUT2D eigenvalue weighted by molar-refractivity contribution is 5.69. The summed E-state index contributed by atoms with van der Waals surface area (Å²) in [5.41, 5.74) is 0. The van der Waals surface area contributed by atoms with Gasteiger partial charge in [-0.1, -0.05) is 92.9 Å². The molecule has 0 amide bonds. The minimum Gasteiger partial charge on any atom is -0.466 e. The topological polar surface area (TPSA) is 52.6 Å². The molecule has 0 aromatic carbocycles. The molecule has 0 saturated carbocycles. The van der Waals surface area contributed by atoms with Crippen molar-refractivity contribution in [2.75, 3.05) is 13.2 Å². The van der Waals surface area contributed by atoms with Crippen LogP contribution < -0.4 is 0 Å². The summed E-state index contributed by atoms with van der Waals surface area (Å²) in [5, 5.41) is 0. The van der Waals surface area contributed by atoms with Crippen molar-refractivity contribution >= 4 is 11.9 Å². The molecule has 1 atom stereocenters. The van der Waals surface area contributed by atoms with E-state index in [2.05, 4.69) is 41.5 Å². The standard InChI is InChI=1S/C28H54O4/c1-23(2)19-21-31-27(29)16-14-12-10-8-7-9-11-13-15-26(25(5)6)17-18-28(30)32-22-20-24(3)4/h23-26H,7-22H2,1-6H3. The molecule has 0 aliphatic rings. The molecule has 0 N–H and O–H groups in total. The smallest absolute Gasteiger partial charge is 0.305 e. The highest BCUT2D eigenvalue weighted by atomic mass is 16.5. The van der Waals surface area contributed by atoms with Crippen LogP contribution in [0.15, 0.2) is 0 Å². The maximum Gasteiger partial charge on any atom is 0.305 e. The van der Waals surface area contributed by atoms with Gasteiger partial charge in [0, 0.05) is 12.8 Å². The molecule has 0 saturated heterocycles. The maximum absolute atomic E-state index is 11.9. The molecule has 0 spiro atoms. The molecule has 0 aliphatic heterocycles. The molecule has 190 valence electrons. The van der Waals surface area contributed by atoms with Crippen LogP contribution in [0.25, 0.3) is 0 Å². The van der Waals surface area contributed by atoms with Crippen LogP contribution >= 0.6 is 0 Å². The van der Waals surface area contributed by atoms with E-state index < -0.39 is 0 Å². The summed E-state index contributed by atoms with van der Waals surface area (Å²) in [6.45, 7) is 14.3. The SMILES string of the molecule is CC(C)CCOC(=O)CCCCCCCCCCC(CCC(=O)OCCC(C)C)C(C)C. The zero-order valence-corrected chi connectivity index (χ0v) is 22.3. The number of hydrogen-bond acceptors (Lipinski definition) is 4. The lowest BCUT2D eigenvalue weighted by Gasteiger charge is -2.20. The van der Waals surface area contributed by atoms with E-state index in [1.54, 1.807) is 0 Å². The molecule has 0 aromatic heterocycles. The molecule has 0 fully saturated rings. The van der Waals surface area contributed by atoms with Crippen LogP contribution in [-0.2, 0) is 19.1 Å². The summed E-state index contributed by atoms with van der Waals surface area (Å²) in [6.07, 6.45) is 14.9. The zero-order valence-electron chi connectivity index (χ0n) is 22.3. The second kappa shape index (κ2) is 20.5. The number of esters is 2. The maximum atomic E-state index is 11.9. The molecular formula is C28H54O4. The summed E-state index contributed by atoms with van der Waals surface area (Å²) < 4.78 is 10.6. The van der Waals surface area contributed by atoms with Crippen LogP contribution in [0.5, 0.6) is 0 Å². The number of ether oxygens (including phenoxy) is 2. The van der Waals surface area contributed by atoms with Gasteiger partial charge in [-0.3, -0.25) is 9.59 Å². The Morgan fingerprint density at radius 2 is 0.969 bits per heavy atom. The highest BCUT2D eigenvalue weighted by Gasteiger charge is 2.15. The Kier molecular flexibility index (Phi) is 19.9. The third kappa shape index (κ3) is 20.8. The van der Waals surface area contributed by atoms with Crippen molar-refractivity contribution in [1.82, 2.24) is 0 Å². The lowest BCUT2D eigenvalue weighted by atomic mass is 9.86. The predicted octanol–water partition coefficient (Wildman–Crippen LogP) is 8.12. The van der Waals surface area contributed by atoms with Crippen LogP contribution in [0.3, 0.4) is 0 Å². The molecule has 0 radical (unpaired) electrons. The Morgan fingerprint density at radius 1 is 0.531 bits per heavy atom. The Morgan fingerprint density at radius 3 is 1.44 bits per heavy atom. The van der Waals surface area contributed by atoms with Crippen molar-refractivity contribution in [2.24, 2.45) is 23.7 Å². The lowest BCUT2D eigenvalue weighted by molar-refractivity contribution is -0.145. The number of unbranched alkanes of at least 4 members (excludes halogenated alkanes) is 7. The first-order valence-corrected chi connectivity index (χ1v) is 13.5. The molecule has 0 aliphatic carbocycles.